The molecule has 2 unspecified atom stereocenters. The summed E-state index contributed by atoms with van der Waals surface area (Å²) in [5, 5.41) is 16.5. The van der Waals surface area contributed by atoms with E-state index in [1.165, 1.54) is 25.7 Å². The molecule has 3 N–H and O–H groups in total. The van der Waals surface area contributed by atoms with Gasteiger partial charge < -0.3 is 15.7 Å². The van der Waals surface area contributed by atoms with Crippen LogP contribution >= 0.6 is 0 Å². The van der Waals surface area contributed by atoms with Gasteiger partial charge in [0, 0.05) is 11.6 Å². The van der Waals surface area contributed by atoms with Crippen molar-refractivity contribution in [3.8, 4) is 0 Å². The van der Waals surface area contributed by atoms with Crippen molar-refractivity contribution in [3.63, 3.8) is 0 Å². The van der Waals surface area contributed by atoms with Gasteiger partial charge in [-0.15, -0.1) is 0 Å². The smallest absolute Gasteiger partial charge is 0.0613 e. The maximum atomic E-state index is 9.46. The molecule has 0 radical (unpaired) electrons. The van der Waals surface area contributed by atoms with Crippen molar-refractivity contribution >= 4 is 0 Å². The molecule has 2 fully saturated rings. The van der Waals surface area contributed by atoms with E-state index in [9.17, 15) is 5.11 Å². The van der Waals surface area contributed by atoms with Gasteiger partial charge in [-0.1, -0.05) is 6.42 Å². The van der Waals surface area contributed by atoms with Gasteiger partial charge in [0.15, 0.2) is 0 Å². The Bertz CT molecular complexity index is 172. The van der Waals surface area contributed by atoms with E-state index >= 15 is 0 Å². The molecule has 14 heavy (non-hydrogen) atoms. The lowest BCUT2D eigenvalue weighted by molar-refractivity contribution is 0.150. The minimum Gasteiger partial charge on any atom is -0.394 e. The molecule has 2 aliphatic heterocycles. The summed E-state index contributed by atoms with van der Waals surface area (Å²) in [6.07, 6.45) is 7.40. The van der Waals surface area contributed by atoms with Crippen LogP contribution in [0.5, 0.6) is 0 Å². The van der Waals surface area contributed by atoms with Gasteiger partial charge in [0.25, 0.3) is 0 Å². The number of rotatable bonds is 3. The van der Waals surface area contributed by atoms with Crippen LogP contribution in [0, 0.1) is 0 Å². The van der Waals surface area contributed by atoms with E-state index in [0.717, 1.165) is 25.9 Å². The Morgan fingerprint density at radius 2 is 2.14 bits per heavy atom. The van der Waals surface area contributed by atoms with E-state index in [1.807, 2.05) is 0 Å². The summed E-state index contributed by atoms with van der Waals surface area (Å²) in [6, 6.07) is 0.626. The zero-order chi connectivity index (χ0) is 9.86. The fraction of sp³-hybridized carbons (Fsp3) is 1.00. The molecule has 0 amide bonds. The van der Waals surface area contributed by atoms with E-state index in [-0.39, 0.29) is 5.54 Å². The van der Waals surface area contributed by atoms with E-state index in [4.69, 9.17) is 0 Å². The lowest BCUT2D eigenvalue weighted by atomic mass is 9.87. The van der Waals surface area contributed by atoms with Gasteiger partial charge in [0.05, 0.1) is 6.61 Å². The summed E-state index contributed by atoms with van der Waals surface area (Å²) >= 11 is 0. The van der Waals surface area contributed by atoms with Crippen LogP contribution in [-0.2, 0) is 0 Å². The largest absolute Gasteiger partial charge is 0.394 e. The fourth-order valence-corrected chi connectivity index (χ4v) is 2.81. The molecule has 0 aromatic heterocycles. The van der Waals surface area contributed by atoms with Crippen molar-refractivity contribution in [1.82, 2.24) is 10.6 Å². The molecule has 0 saturated carbocycles. The van der Waals surface area contributed by atoms with Gasteiger partial charge in [0.1, 0.15) is 0 Å². The Balaban J connectivity index is 1.86. The van der Waals surface area contributed by atoms with E-state index in [0.29, 0.717) is 12.6 Å². The first kappa shape index (κ1) is 10.4. The first-order chi connectivity index (χ1) is 6.85. The molecule has 82 valence electrons. The first-order valence-corrected chi connectivity index (χ1v) is 5.94. The average molecular weight is 198 g/mol. The number of nitrogens with one attached hydrogen (secondary N) is 2. The van der Waals surface area contributed by atoms with Crippen LogP contribution < -0.4 is 10.6 Å². The second-order valence-corrected chi connectivity index (χ2v) is 4.82. The summed E-state index contributed by atoms with van der Waals surface area (Å²) in [4.78, 5) is 0. The Labute approximate surface area is 86.3 Å². The van der Waals surface area contributed by atoms with E-state index in [1.54, 1.807) is 0 Å². The molecule has 0 spiro atoms. The Morgan fingerprint density at radius 3 is 2.71 bits per heavy atom. The van der Waals surface area contributed by atoms with Crippen molar-refractivity contribution in [2.24, 2.45) is 0 Å². The van der Waals surface area contributed by atoms with Gasteiger partial charge in [-0.3, -0.25) is 0 Å². The standard InChI is InChI=1S/C11H22N2O/c14-9-11(5-3-7-13-11)8-10-4-1-2-6-12-10/h10,12-14H,1-9H2. The number of hydrogen-bond donors (Lipinski definition) is 3. The van der Waals surface area contributed by atoms with Crippen LogP contribution in [-0.4, -0.2) is 36.4 Å². The molecular weight excluding hydrogens is 176 g/mol. The van der Waals surface area contributed by atoms with Crippen LogP contribution in [0.15, 0.2) is 0 Å². The summed E-state index contributed by atoms with van der Waals surface area (Å²) in [6.45, 7) is 2.53. The summed E-state index contributed by atoms with van der Waals surface area (Å²) < 4.78 is 0. The van der Waals surface area contributed by atoms with Gasteiger partial charge in [-0.05, 0) is 45.2 Å². The molecule has 0 aromatic rings. The molecule has 0 aliphatic carbocycles. The Kier molecular flexibility index (Phi) is 3.42. The normalized spacial score (nSPS) is 38.8. The lowest BCUT2D eigenvalue weighted by Crippen LogP contribution is -2.49. The molecule has 3 nitrogen and oxygen atoms in total. The maximum absolute atomic E-state index is 9.46. The number of hydrogen-bond acceptors (Lipinski definition) is 3. The van der Waals surface area contributed by atoms with Gasteiger partial charge >= 0.3 is 0 Å². The van der Waals surface area contributed by atoms with Crippen molar-refractivity contribution in [2.45, 2.75) is 50.1 Å². The van der Waals surface area contributed by atoms with Crippen LogP contribution in [0.1, 0.15) is 38.5 Å². The quantitative estimate of drug-likeness (QED) is 0.623. The van der Waals surface area contributed by atoms with E-state index < -0.39 is 0 Å². The Morgan fingerprint density at radius 1 is 1.21 bits per heavy atom. The molecule has 2 atom stereocenters. The monoisotopic (exact) mass is 198 g/mol. The van der Waals surface area contributed by atoms with Gasteiger partial charge in [-0.25, -0.2) is 0 Å². The van der Waals surface area contributed by atoms with Crippen molar-refractivity contribution in [3.05, 3.63) is 0 Å². The van der Waals surface area contributed by atoms with E-state index in [2.05, 4.69) is 10.6 Å². The number of aliphatic hydroxyl groups is 1. The van der Waals surface area contributed by atoms with Crippen LogP contribution in [0.3, 0.4) is 0 Å². The summed E-state index contributed by atoms with van der Waals surface area (Å²) in [5.41, 5.74) is 0.0367. The highest BCUT2D eigenvalue weighted by Crippen LogP contribution is 2.26. The Hall–Kier alpha value is -0.120. The second-order valence-electron chi connectivity index (χ2n) is 4.82. The highest BCUT2D eigenvalue weighted by molar-refractivity contribution is 4.96. The lowest BCUT2D eigenvalue weighted by Gasteiger charge is -2.34. The highest BCUT2D eigenvalue weighted by Gasteiger charge is 2.35. The second kappa shape index (κ2) is 4.60. The molecule has 0 aromatic carbocycles. The number of aliphatic hydroxyl groups excluding tert-OH is 1. The van der Waals surface area contributed by atoms with Crippen LogP contribution in [0.25, 0.3) is 0 Å². The fourth-order valence-electron chi connectivity index (χ4n) is 2.81. The molecule has 2 saturated heterocycles. The SMILES string of the molecule is OCC1(CC2CCCCN2)CCCN1. The van der Waals surface area contributed by atoms with Crippen LogP contribution in [0.4, 0.5) is 0 Å². The van der Waals surface area contributed by atoms with Crippen molar-refractivity contribution < 1.29 is 5.11 Å². The van der Waals surface area contributed by atoms with Gasteiger partial charge in [-0.2, -0.15) is 0 Å². The summed E-state index contributed by atoms with van der Waals surface area (Å²) in [7, 11) is 0. The molecule has 2 heterocycles. The molecule has 0 bridgehead atoms. The zero-order valence-corrected chi connectivity index (χ0v) is 8.89. The predicted octanol–water partition coefficient (Wildman–Crippen LogP) is 0.633. The third kappa shape index (κ3) is 2.27. The highest BCUT2D eigenvalue weighted by atomic mass is 16.3. The summed E-state index contributed by atoms with van der Waals surface area (Å²) in [5.74, 6) is 0. The maximum Gasteiger partial charge on any atom is 0.0613 e. The predicted molar refractivity (Wildman–Crippen MR) is 57.3 cm³/mol. The van der Waals surface area contributed by atoms with Crippen molar-refractivity contribution in [1.29, 1.82) is 0 Å². The molecular formula is C11H22N2O. The first-order valence-electron chi connectivity index (χ1n) is 5.94. The minimum atomic E-state index is 0.0367. The van der Waals surface area contributed by atoms with Crippen molar-refractivity contribution in [2.75, 3.05) is 19.7 Å². The third-order valence-electron chi connectivity index (χ3n) is 3.68. The topological polar surface area (TPSA) is 44.3 Å². The molecule has 3 heteroatoms. The third-order valence-corrected chi connectivity index (χ3v) is 3.68. The molecule has 2 rings (SSSR count). The zero-order valence-electron chi connectivity index (χ0n) is 8.89. The van der Waals surface area contributed by atoms with Gasteiger partial charge in [0.2, 0.25) is 0 Å². The minimum absolute atomic E-state index is 0.0367. The number of piperidine rings is 1. The van der Waals surface area contributed by atoms with Crippen LogP contribution in [0.2, 0.25) is 0 Å². The average Bonchev–Trinajstić information content (AvgIpc) is 2.69. The molecule has 2 aliphatic rings.